The zero-order valence-electron chi connectivity index (χ0n) is 12.3. The lowest BCUT2D eigenvalue weighted by molar-refractivity contribution is -0.0441. The normalized spacial score (nSPS) is 15.4. The minimum Gasteiger partial charge on any atom is -0.362 e. The van der Waals surface area contributed by atoms with E-state index in [1.54, 1.807) is 0 Å². The first-order valence-corrected chi connectivity index (χ1v) is 8.73. The van der Waals surface area contributed by atoms with Crippen LogP contribution in [0.2, 0.25) is 0 Å². The Balaban J connectivity index is 0. The highest BCUT2D eigenvalue weighted by Gasteiger charge is 2.43. The Morgan fingerprint density at radius 2 is 1.21 bits per heavy atom. The fourth-order valence-corrected chi connectivity index (χ4v) is 0.794. The van der Waals surface area contributed by atoms with E-state index in [2.05, 4.69) is 46.4 Å². The van der Waals surface area contributed by atoms with Crippen molar-refractivity contribution >= 4 is 20.0 Å². The van der Waals surface area contributed by atoms with Crippen molar-refractivity contribution in [2.75, 3.05) is 20.3 Å². The molecule has 0 atom stereocenters. The maximum atomic E-state index is 10.8. The number of primary sulfonamides is 2. The van der Waals surface area contributed by atoms with Crippen LogP contribution in [0.25, 0.3) is 0 Å². The molecule has 0 aromatic rings. The summed E-state index contributed by atoms with van der Waals surface area (Å²) in [5.74, 6) is 0. The van der Waals surface area contributed by atoms with Crippen molar-refractivity contribution in [1.29, 1.82) is 0 Å². The molecule has 16 heteroatoms. The van der Waals surface area contributed by atoms with Crippen LogP contribution in [0.4, 0.5) is 26.3 Å². The molecule has 0 aromatic heterocycles. The molecule has 1 heterocycles. The molecule has 0 fully saturated rings. The van der Waals surface area contributed by atoms with Gasteiger partial charge in [0, 0.05) is 26.0 Å². The van der Waals surface area contributed by atoms with Gasteiger partial charge >= 0.3 is 31.1 Å². The zero-order chi connectivity index (χ0) is 20.0. The Morgan fingerprint density at radius 1 is 0.917 bits per heavy atom. The second kappa shape index (κ2) is 8.72. The highest BCUT2D eigenvalue weighted by Crippen LogP contribution is 2.19. The average Bonchev–Trinajstić information content (AvgIpc) is 2.71. The SMILES string of the molecule is CCN1C=CN(C)C1.NS(=O)(=O)C(F)(F)F.NS(=O)(=O)C(F)(F)F. The monoisotopic (exact) mass is 410 g/mol. The van der Waals surface area contributed by atoms with Gasteiger partial charge in [0.1, 0.15) is 0 Å². The molecule has 1 aliphatic rings. The van der Waals surface area contributed by atoms with Crippen LogP contribution in [-0.4, -0.2) is 57.9 Å². The second-order valence-electron chi connectivity index (χ2n) is 4.08. The average molecular weight is 410 g/mol. The van der Waals surface area contributed by atoms with Gasteiger partial charge in [-0.05, 0) is 6.92 Å². The number of nitrogens with two attached hydrogens (primary N) is 2. The largest absolute Gasteiger partial charge is 0.511 e. The number of rotatable bonds is 1. The summed E-state index contributed by atoms with van der Waals surface area (Å²) in [5, 5.41) is 7.32. The minimum atomic E-state index is -5.34. The molecule has 0 radical (unpaired) electrons. The van der Waals surface area contributed by atoms with E-state index in [-0.39, 0.29) is 0 Å². The van der Waals surface area contributed by atoms with Crippen molar-refractivity contribution < 1.29 is 43.2 Å². The number of hydrogen-bond acceptors (Lipinski definition) is 6. The van der Waals surface area contributed by atoms with E-state index in [4.69, 9.17) is 0 Å². The number of alkyl halides is 6. The third-order valence-corrected chi connectivity index (χ3v) is 3.28. The van der Waals surface area contributed by atoms with Crippen LogP contribution in [0.5, 0.6) is 0 Å². The quantitative estimate of drug-likeness (QED) is 0.598. The van der Waals surface area contributed by atoms with Gasteiger partial charge in [-0.3, -0.25) is 0 Å². The molecule has 1 rings (SSSR count). The van der Waals surface area contributed by atoms with Gasteiger partial charge in [0.05, 0.1) is 6.67 Å². The standard InChI is InChI=1S/C6H12N2.2CH2F3NO2S/c1-3-8-5-4-7(2)6-8;2*2-1(3,4)8(5,6)7/h4-5H,3,6H2,1-2H3;2*(H2,5,6,7). The van der Waals surface area contributed by atoms with Crippen LogP contribution in [0, 0.1) is 0 Å². The lowest BCUT2D eigenvalue weighted by Crippen LogP contribution is -2.30. The maximum Gasteiger partial charge on any atom is 0.511 e. The van der Waals surface area contributed by atoms with Crippen molar-refractivity contribution in [2.45, 2.75) is 17.9 Å². The van der Waals surface area contributed by atoms with Crippen LogP contribution < -0.4 is 10.3 Å². The number of nitrogens with zero attached hydrogens (tertiary/aromatic N) is 2. The molecule has 146 valence electrons. The Bertz CT molecular complexity index is 571. The highest BCUT2D eigenvalue weighted by molar-refractivity contribution is 7.90. The maximum absolute atomic E-state index is 10.8. The molecule has 0 saturated carbocycles. The molecule has 1 aliphatic heterocycles. The van der Waals surface area contributed by atoms with E-state index in [1.165, 1.54) is 0 Å². The second-order valence-corrected chi connectivity index (χ2v) is 7.19. The van der Waals surface area contributed by atoms with Gasteiger partial charge in [-0.15, -0.1) is 0 Å². The van der Waals surface area contributed by atoms with Crippen molar-refractivity contribution in [3.63, 3.8) is 0 Å². The third kappa shape index (κ3) is 10.5. The lowest BCUT2D eigenvalue weighted by atomic mass is 10.6. The van der Waals surface area contributed by atoms with E-state index < -0.39 is 31.1 Å². The van der Waals surface area contributed by atoms with E-state index >= 15 is 0 Å². The van der Waals surface area contributed by atoms with Gasteiger partial charge in [0.25, 0.3) is 0 Å². The number of sulfonamides is 2. The fraction of sp³-hybridized carbons (Fsp3) is 0.750. The van der Waals surface area contributed by atoms with Crippen LogP contribution in [0.15, 0.2) is 12.4 Å². The van der Waals surface area contributed by atoms with Crippen molar-refractivity contribution in [1.82, 2.24) is 9.80 Å². The van der Waals surface area contributed by atoms with Gasteiger partial charge in [-0.2, -0.15) is 26.3 Å². The van der Waals surface area contributed by atoms with E-state index in [9.17, 15) is 43.2 Å². The predicted molar refractivity (Wildman–Crippen MR) is 72.5 cm³/mol. The van der Waals surface area contributed by atoms with Crippen molar-refractivity contribution in [2.24, 2.45) is 10.3 Å². The summed E-state index contributed by atoms with van der Waals surface area (Å²) < 4.78 is 102. The predicted octanol–water partition coefficient (Wildman–Crippen LogP) is 0.272. The summed E-state index contributed by atoms with van der Waals surface area (Å²) >= 11 is 0. The van der Waals surface area contributed by atoms with Crippen molar-refractivity contribution in [3.8, 4) is 0 Å². The first kappa shape index (κ1) is 25.0. The molecule has 0 aliphatic carbocycles. The molecular formula is C8H16F6N4O4S2. The van der Waals surface area contributed by atoms with E-state index in [1.807, 2.05) is 0 Å². The smallest absolute Gasteiger partial charge is 0.362 e. The van der Waals surface area contributed by atoms with Gasteiger partial charge in [0.2, 0.25) is 0 Å². The molecule has 0 amide bonds. The Morgan fingerprint density at radius 3 is 1.29 bits per heavy atom. The zero-order valence-corrected chi connectivity index (χ0v) is 14.0. The Labute approximate surface area is 134 Å². The van der Waals surface area contributed by atoms with Crippen molar-refractivity contribution in [3.05, 3.63) is 12.4 Å². The van der Waals surface area contributed by atoms with E-state index in [0.717, 1.165) is 13.2 Å². The first-order valence-electron chi connectivity index (χ1n) is 5.63. The van der Waals surface area contributed by atoms with Crippen LogP contribution in [-0.2, 0) is 20.0 Å². The van der Waals surface area contributed by atoms with Crippen LogP contribution >= 0.6 is 0 Å². The van der Waals surface area contributed by atoms with Gasteiger partial charge in [-0.25, -0.2) is 27.1 Å². The van der Waals surface area contributed by atoms with Crippen LogP contribution in [0.1, 0.15) is 6.92 Å². The van der Waals surface area contributed by atoms with Gasteiger partial charge in [-0.1, -0.05) is 0 Å². The molecule has 0 bridgehead atoms. The van der Waals surface area contributed by atoms with Gasteiger partial charge < -0.3 is 9.80 Å². The van der Waals surface area contributed by atoms with Gasteiger partial charge in [0.15, 0.2) is 0 Å². The molecule has 4 N–H and O–H groups in total. The molecule has 8 nitrogen and oxygen atoms in total. The molecule has 0 saturated heterocycles. The third-order valence-electron chi connectivity index (χ3n) is 1.99. The molecule has 0 unspecified atom stereocenters. The summed E-state index contributed by atoms with van der Waals surface area (Å²) in [6.45, 7) is 4.32. The summed E-state index contributed by atoms with van der Waals surface area (Å²) in [4.78, 5) is 4.41. The lowest BCUT2D eigenvalue weighted by Gasteiger charge is -2.14. The summed E-state index contributed by atoms with van der Waals surface area (Å²) in [7, 11) is -8.60. The Kier molecular flexibility index (Phi) is 9.08. The minimum absolute atomic E-state index is 1.05. The summed E-state index contributed by atoms with van der Waals surface area (Å²) in [6.07, 6.45) is 4.20. The summed E-state index contributed by atoms with van der Waals surface area (Å²) in [5.41, 5.74) is -10.6. The summed E-state index contributed by atoms with van der Waals surface area (Å²) in [6, 6.07) is 0. The van der Waals surface area contributed by atoms with E-state index in [0.29, 0.717) is 0 Å². The molecular weight excluding hydrogens is 394 g/mol. The molecule has 24 heavy (non-hydrogen) atoms. The first-order chi connectivity index (χ1) is 10.3. The number of halogens is 6. The topological polar surface area (TPSA) is 127 Å². The number of hydrogen-bond donors (Lipinski definition) is 2. The molecule has 0 aromatic carbocycles. The highest BCUT2D eigenvalue weighted by atomic mass is 32.2. The Hall–Kier alpha value is -1.26. The fourth-order valence-electron chi connectivity index (χ4n) is 0.794. The van der Waals surface area contributed by atoms with Crippen LogP contribution in [0.3, 0.4) is 0 Å². The molecule has 0 spiro atoms.